The summed E-state index contributed by atoms with van der Waals surface area (Å²) >= 11 is 12.4. The van der Waals surface area contributed by atoms with E-state index in [4.69, 9.17) is 32.7 Å². The van der Waals surface area contributed by atoms with Crippen LogP contribution in [0.3, 0.4) is 0 Å². The summed E-state index contributed by atoms with van der Waals surface area (Å²) in [6.07, 6.45) is 3.11. The number of aliphatic hydroxyl groups is 1. The number of nitrogens with zero attached hydrogens (tertiary/aromatic N) is 2. The maximum Gasteiger partial charge on any atom is 0.300 e. The van der Waals surface area contributed by atoms with Crippen LogP contribution in [0.25, 0.3) is 5.76 Å². The quantitative estimate of drug-likeness (QED) is 0.290. The van der Waals surface area contributed by atoms with Crippen LogP contribution in [-0.4, -0.2) is 36.0 Å². The SMILES string of the molecule is COc1cc(/C(O)=C2\C(=O)C(=O)N(c3cc(Cl)ccc3C)C2c2cccnc2)c(OC)cc1Cl. The maximum absolute atomic E-state index is 13.3. The van der Waals surface area contributed by atoms with Gasteiger partial charge in [-0.05, 0) is 42.3 Å². The van der Waals surface area contributed by atoms with Gasteiger partial charge in [0.05, 0.1) is 36.4 Å². The highest BCUT2D eigenvalue weighted by atomic mass is 35.5. The van der Waals surface area contributed by atoms with Gasteiger partial charge < -0.3 is 14.6 Å². The minimum atomic E-state index is -0.961. The first-order valence-corrected chi connectivity index (χ1v) is 10.9. The van der Waals surface area contributed by atoms with Gasteiger partial charge in [-0.1, -0.05) is 35.3 Å². The van der Waals surface area contributed by atoms with Crippen molar-refractivity contribution in [3.05, 3.63) is 87.2 Å². The Hall–Kier alpha value is -3.55. The van der Waals surface area contributed by atoms with Crippen LogP contribution in [0.4, 0.5) is 5.69 Å². The second-order valence-corrected chi connectivity index (χ2v) is 8.42. The largest absolute Gasteiger partial charge is 0.507 e. The van der Waals surface area contributed by atoms with E-state index in [0.29, 0.717) is 16.3 Å². The zero-order chi connectivity index (χ0) is 24.6. The number of anilines is 1. The van der Waals surface area contributed by atoms with Gasteiger partial charge in [-0.25, -0.2) is 0 Å². The molecular formula is C25H20Cl2N2O5. The minimum Gasteiger partial charge on any atom is -0.507 e. The Bertz CT molecular complexity index is 1320. The van der Waals surface area contributed by atoms with Gasteiger partial charge in [-0.15, -0.1) is 0 Å². The van der Waals surface area contributed by atoms with Gasteiger partial charge in [-0.2, -0.15) is 0 Å². The number of methoxy groups -OCH3 is 2. The Balaban J connectivity index is 2.02. The molecule has 1 N–H and O–H groups in total. The summed E-state index contributed by atoms with van der Waals surface area (Å²) < 4.78 is 10.7. The zero-order valence-electron chi connectivity index (χ0n) is 18.5. The number of rotatable bonds is 5. The summed E-state index contributed by atoms with van der Waals surface area (Å²) in [7, 11) is 2.83. The van der Waals surface area contributed by atoms with Crippen molar-refractivity contribution in [1.82, 2.24) is 4.98 Å². The van der Waals surface area contributed by atoms with E-state index in [1.54, 1.807) is 43.5 Å². The molecule has 1 saturated heterocycles. The van der Waals surface area contributed by atoms with Crippen molar-refractivity contribution >= 4 is 46.3 Å². The number of carbonyl (C=O) groups is 2. The van der Waals surface area contributed by atoms with Crippen molar-refractivity contribution in [3.8, 4) is 11.5 Å². The Morgan fingerprint density at radius 2 is 1.79 bits per heavy atom. The summed E-state index contributed by atoms with van der Waals surface area (Å²) in [5.41, 5.74) is 1.73. The first-order valence-electron chi connectivity index (χ1n) is 10.2. The molecule has 0 saturated carbocycles. The molecule has 34 heavy (non-hydrogen) atoms. The molecule has 2 heterocycles. The molecule has 1 fully saturated rings. The lowest BCUT2D eigenvalue weighted by Gasteiger charge is -2.26. The van der Waals surface area contributed by atoms with Crippen molar-refractivity contribution in [1.29, 1.82) is 0 Å². The zero-order valence-corrected chi connectivity index (χ0v) is 20.0. The Morgan fingerprint density at radius 3 is 2.44 bits per heavy atom. The molecule has 0 aliphatic carbocycles. The van der Waals surface area contributed by atoms with E-state index in [1.165, 1.54) is 37.4 Å². The average Bonchev–Trinajstić information content (AvgIpc) is 3.10. The summed E-state index contributed by atoms with van der Waals surface area (Å²) in [5, 5.41) is 12.1. The third-order valence-electron chi connectivity index (χ3n) is 5.60. The van der Waals surface area contributed by atoms with Gasteiger partial charge >= 0.3 is 0 Å². The van der Waals surface area contributed by atoms with Crippen molar-refractivity contribution in [2.24, 2.45) is 0 Å². The third-order valence-corrected chi connectivity index (χ3v) is 6.13. The van der Waals surface area contributed by atoms with Crippen LogP contribution in [0.2, 0.25) is 10.0 Å². The van der Waals surface area contributed by atoms with E-state index in [9.17, 15) is 14.7 Å². The highest BCUT2D eigenvalue weighted by molar-refractivity contribution is 6.52. The monoisotopic (exact) mass is 498 g/mol. The van der Waals surface area contributed by atoms with Crippen LogP contribution in [0.1, 0.15) is 22.7 Å². The fourth-order valence-electron chi connectivity index (χ4n) is 3.97. The van der Waals surface area contributed by atoms with Gasteiger partial charge in [-0.3, -0.25) is 19.5 Å². The number of aryl methyl sites for hydroxylation is 1. The fraction of sp³-hybridized carbons (Fsp3) is 0.160. The molecule has 0 spiro atoms. The molecule has 1 aromatic heterocycles. The van der Waals surface area contributed by atoms with Gasteiger partial charge in [0.2, 0.25) is 0 Å². The van der Waals surface area contributed by atoms with E-state index in [-0.39, 0.29) is 27.7 Å². The molecule has 1 unspecified atom stereocenters. The number of pyridine rings is 1. The van der Waals surface area contributed by atoms with Gasteiger partial charge in [0.15, 0.2) is 0 Å². The number of benzene rings is 2. The Labute approximate surface area is 206 Å². The smallest absolute Gasteiger partial charge is 0.300 e. The van der Waals surface area contributed by atoms with Crippen LogP contribution >= 0.6 is 23.2 Å². The number of ketones is 1. The molecular weight excluding hydrogens is 479 g/mol. The second-order valence-electron chi connectivity index (χ2n) is 7.57. The van der Waals surface area contributed by atoms with Gasteiger partial charge in [0, 0.05) is 29.2 Å². The maximum atomic E-state index is 13.3. The summed E-state index contributed by atoms with van der Waals surface area (Å²) in [6.45, 7) is 1.80. The van der Waals surface area contributed by atoms with Crippen LogP contribution < -0.4 is 14.4 Å². The molecule has 4 rings (SSSR count). The van der Waals surface area contributed by atoms with Crippen LogP contribution in [0.15, 0.2) is 60.4 Å². The molecule has 174 valence electrons. The number of hydrogen-bond acceptors (Lipinski definition) is 6. The molecule has 7 nitrogen and oxygen atoms in total. The lowest BCUT2D eigenvalue weighted by molar-refractivity contribution is -0.132. The summed E-state index contributed by atoms with van der Waals surface area (Å²) in [4.78, 5) is 32.1. The van der Waals surface area contributed by atoms with Gasteiger partial charge in [0.1, 0.15) is 17.3 Å². The first-order chi connectivity index (χ1) is 16.3. The van der Waals surface area contributed by atoms with E-state index in [1.807, 2.05) is 0 Å². The number of aliphatic hydroxyl groups excluding tert-OH is 1. The van der Waals surface area contributed by atoms with Crippen molar-refractivity contribution in [3.63, 3.8) is 0 Å². The van der Waals surface area contributed by atoms with Crippen LogP contribution in [0, 0.1) is 6.92 Å². The number of halogens is 2. The predicted molar refractivity (Wildman–Crippen MR) is 130 cm³/mol. The van der Waals surface area contributed by atoms with Crippen LogP contribution in [0.5, 0.6) is 11.5 Å². The van der Waals surface area contributed by atoms with Gasteiger partial charge in [0.25, 0.3) is 11.7 Å². The number of amides is 1. The lowest BCUT2D eigenvalue weighted by atomic mass is 9.95. The molecule has 1 atom stereocenters. The number of ether oxygens (including phenoxy) is 2. The fourth-order valence-corrected chi connectivity index (χ4v) is 4.36. The second kappa shape index (κ2) is 9.37. The topological polar surface area (TPSA) is 89.0 Å². The lowest BCUT2D eigenvalue weighted by Crippen LogP contribution is -2.30. The van der Waals surface area contributed by atoms with Crippen molar-refractivity contribution in [2.45, 2.75) is 13.0 Å². The van der Waals surface area contributed by atoms with E-state index < -0.39 is 23.5 Å². The molecule has 9 heteroatoms. The Morgan fingerprint density at radius 1 is 1.06 bits per heavy atom. The number of Topliss-reactive ketones (excluding diaryl/α,β-unsaturated/α-hetero) is 1. The molecule has 3 aromatic rings. The number of carbonyl (C=O) groups excluding carboxylic acids is 2. The number of hydrogen-bond donors (Lipinski definition) is 1. The molecule has 0 bridgehead atoms. The normalized spacial score (nSPS) is 17.2. The van der Waals surface area contributed by atoms with Crippen LogP contribution in [-0.2, 0) is 9.59 Å². The molecule has 2 aromatic carbocycles. The summed E-state index contributed by atoms with van der Waals surface area (Å²) in [6, 6.07) is 10.4. The molecule has 1 aliphatic rings. The molecule has 0 radical (unpaired) electrons. The van der Waals surface area contributed by atoms with Crippen molar-refractivity contribution in [2.75, 3.05) is 19.1 Å². The number of aromatic nitrogens is 1. The standard InChI is InChI=1S/C25H20Cl2N2O5/c1-13-6-7-15(26)9-18(13)29-22(14-5-4-8-28-12-14)21(24(31)25(29)32)23(30)16-10-20(34-3)17(27)11-19(16)33-2/h4-12,22,30H,1-3H3/b23-21+. The highest BCUT2D eigenvalue weighted by Gasteiger charge is 2.47. The first kappa shape index (κ1) is 23.6. The highest BCUT2D eigenvalue weighted by Crippen LogP contribution is 2.45. The molecule has 1 amide bonds. The molecule has 1 aliphatic heterocycles. The van der Waals surface area contributed by atoms with E-state index >= 15 is 0 Å². The van der Waals surface area contributed by atoms with E-state index in [0.717, 1.165) is 5.56 Å². The third kappa shape index (κ3) is 3.97. The van der Waals surface area contributed by atoms with Crippen molar-refractivity contribution < 1.29 is 24.2 Å². The summed E-state index contributed by atoms with van der Waals surface area (Å²) in [5.74, 6) is -1.62. The predicted octanol–water partition coefficient (Wildman–Crippen LogP) is 5.34. The minimum absolute atomic E-state index is 0.125. The Kier molecular flexibility index (Phi) is 6.50. The average molecular weight is 499 g/mol. The van der Waals surface area contributed by atoms with E-state index in [2.05, 4.69) is 4.98 Å².